The molecule has 1 atom stereocenters. The average molecular weight is 451 g/mol. The van der Waals surface area contributed by atoms with E-state index < -0.39 is 17.7 Å². The van der Waals surface area contributed by atoms with Crippen LogP contribution in [0.25, 0.3) is 11.4 Å². The Morgan fingerprint density at radius 3 is 2.74 bits per heavy atom. The van der Waals surface area contributed by atoms with Crippen LogP contribution in [-0.2, 0) is 7.05 Å². The third kappa shape index (κ3) is 4.49. The first-order valence-electron chi connectivity index (χ1n) is 9.33. The highest BCUT2D eigenvalue weighted by molar-refractivity contribution is 5.85. The number of ether oxygens (including phenoxy) is 1. The van der Waals surface area contributed by atoms with Crippen LogP contribution in [-0.4, -0.2) is 46.3 Å². The highest BCUT2D eigenvalue weighted by Crippen LogP contribution is 2.31. The minimum absolute atomic E-state index is 0. The number of aromatic nitrogens is 4. The fourth-order valence-electron chi connectivity index (χ4n) is 3.58. The van der Waals surface area contributed by atoms with E-state index in [0.29, 0.717) is 37.0 Å². The lowest BCUT2D eigenvalue weighted by Gasteiger charge is -2.35. The first kappa shape index (κ1) is 22.6. The van der Waals surface area contributed by atoms with Crippen LogP contribution in [0.1, 0.15) is 11.6 Å². The maximum absolute atomic E-state index is 14.6. The molecule has 3 aromatic rings. The van der Waals surface area contributed by atoms with Gasteiger partial charge in [-0.3, -0.25) is 9.36 Å². The lowest BCUT2D eigenvalue weighted by atomic mass is 10.0. The van der Waals surface area contributed by atoms with Crippen LogP contribution in [0.3, 0.4) is 0 Å². The predicted octanol–water partition coefficient (Wildman–Crippen LogP) is 2.10. The summed E-state index contributed by atoms with van der Waals surface area (Å²) >= 11 is 0. The van der Waals surface area contributed by atoms with Crippen molar-refractivity contribution in [3.05, 3.63) is 64.3 Å². The number of hydrogen-bond donors (Lipinski definition) is 1. The van der Waals surface area contributed by atoms with Crippen LogP contribution in [0, 0.1) is 11.6 Å². The summed E-state index contributed by atoms with van der Waals surface area (Å²) in [5, 5.41) is 3.23. The zero-order chi connectivity index (χ0) is 21.3. The van der Waals surface area contributed by atoms with Gasteiger partial charge in [0.15, 0.2) is 0 Å². The van der Waals surface area contributed by atoms with Crippen LogP contribution < -0.4 is 20.5 Å². The smallest absolute Gasteiger partial charge is 0.255 e. The molecule has 2 aromatic heterocycles. The standard InChI is InChI=1S/C20H20F2N6O2.ClH/c1-27-18(29)9-15(14-3-4-23-11-25-14)26-20(27)28-6-5-24-16(10-28)19-13(22)7-12(21)8-17(19)30-2;/h3-4,7-9,11,16,24H,5-6,10H2,1-2H3;1H. The number of rotatable bonds is 4. The van der Waals surface area contributed by atoms with Crippen molar-refractivity contribution < 1.29 is 13.5 Å². The van der Waals surface area contributed by atoms with Crippen molar-refractivity contribution in [2.24, 2.45) is 7.05 Å². The summed E-state index contributed by atoms with van der Waals surface area (Å²) in [5.74, 6) is -0.835. The molecule has 0 saturated carbocycles. The Hall–Kier alpha value is -3.11. The first-order valence-corrected chi connectivity index (χ1v) is 9.33. The molecule has 0 bridgehead atoms. The topological polar surface area (TPSA) is 85.2 Å². The van der Waals surface area contributed by atoms with Crippen molar-refractivity contribution in [2.75, 3.05) is 31.6 Å². The minimum Gasteiger partial charge on any atom is -0.496 e. The van der Waals surface area contributed by atoms with Gasteiger partial charge in [-0.25, -0.2) is 23.7 Å². The molecule has 1 aliphatic heterocycles. The number of anilines is 1. The third-order valence-electron chi connectivity index (χ3n) is 5.04. The Labute approximate surface area is 183 Å². The maximum Gasteiger partial charge on any atom is 0.255 e. The van der Waals surface area contributed by atoms with Crippen molar-refractivity contribution in [2.45, 2.75) is 6.04 Å². The van der Waals surface area contributed by atoms with Gasteiger partial charge in [0.05, 0.1) is 24.5 Å². The first-order chi connectivity index (χ1) is 14.5. The van der Waals surface area contributed by atoms with Crippen LogP contribution in [0.15, 0.2) is 41.6 Å². The average Bonchev–Trinajstić information content (AvgIpc) is 2.75. The molecule has 31 heavy (non-hydrogen) atoms. The fourth-order valence-corrected chi connectivity index (χ4v) is 3.58. The number of nitrogens with one attached hydrogen (secondary N) is 1. The zero-order valence-corrected chi connectivity index (χ0v) is 17.7. The Balaban J connectivity index is 0.00000272. The molecule has 11 heteroatoms. The van der Waals surface area contributed by atoms with E-state index in [-0.39, 0.29) is 29.3 Å². The fraction of sp³-hybridized carbons (Fsp3) is 0.300. The molecule has 0 spiro atoms. The SMILES string of the molecule is COc1cc(F)cc(F)c1C1CN(c2nc(-c3ccncn3)cc(=O)n2C)CCN1.Cl. The normalized spacial score (nSPS) is 16.0. The van der Waals surface area contributed by atoms with Crippen molar-refractivity contribution in [1.29, 1.82) is 0 Å². The molecule has 1 aliphatic rings. The molecule has 1 unspecified atom stereocenters. The summed E-state index contributed by atoms with van der Waals surface area (Å²) in [5.41, 5.74) is 0.952. The molecule has 0 radical (unpaired) electrons. The van der Waals surface area contributed by atoms with Gasteiger partial charge in [-0.15, -0.1) is 12.4 Å². The van der Waals surface area contributed by atoms with Gasteiger partial charge in [0.2, 0.25) is 5.95 Å². The van der Waals surface area contributed by atoms with Gasteiger partial charge in [-0.1, -0.05) is 0 Å². The van der Waals surface area contributed by atoms with E-state index in [4.69, 9.17) is 4.74 Å². The Bertz CT molecular complexity index is 1130. The van der Waals surface area contributed by atoms with E-state index in [1.807, 2.05) is 4.90 Å². The molecule has 164 valence electrons. The van der Waals surface area contributed by atoms with E-state index >= 15 is 0 Å². The van der Waals surface area contributed by atoms with Crippen molar-refractivity contribution >= 4 is 18.4 Å². The summed E-state index contributed by atoms with van der Waals surface area (Å²) < 4.78 is 34.8. The lowest BCUT2D eigenvalue weighted by Crippen LogP contribution is -2.48. The van der Waals surface area contributed by atoms with Gasteiger partial charge < -0.3 is 15.0 Å². The molecule has 0 aliphatic carbocycles. The molecule has 0 amide bonds. The largest absolute Gasteiger partial charge is 0.496 e. The summed E-state index contributed by atoms with van der Waals surface area (Å²) in [6, 6.07) is 4.60. The molecule has 1 N–H and O–H groups in total. The van der Waals surface area contributed by atoms with Crippen LogP contribution in [0.2, 0.25) is 0 Å². The van der Waals surface area contributed by atoms with Crippen LogP contribution in [0.4, 0.5) is 14.7 Å². The van der Waals surface area contributed by atoms with Gasteiger partial charge in [0.1, 0.15) is 23.7 Å². The zero-order valence-electron chi connectivity index (χ0n) is 16.9. The van der Waals surface area contributed by atoms with E-state index in [1.54, 1.807) is 19.3 Å². The Kier molecular flexibility index (Phi) is 6.81. The molecule has 4 rings (SSSR count). The second-order valence-corrected chi connectivity index (χ2v) is 6.89. The number of halogens is 3. The highest BCUT2D eigenvalue weighted by atomic mass is 35.5. The van der Waals surface area contributed by atoms with Crippen molar-refractivity contribution in [3.63, 3.8) is 0 Å². The van der Waals surface area contributed by atoms with E-state index in [0.717, 1.165) is 12.1 Å². The second kappa shape index (κ2) is 9.36. The molecular weight excluding hydrogens is 430 g/mol. The number of piperazine rings is 1. The van der Waals surface area contributed by atoms with Crippen LogP contribution >= 0.6 is 12.4 Å². The van der Waals surface area contributed by atoms with E-state index in [9.17, 15) is 13.6 Å². The number of methoxy groups -OCH3 is 1. The molecule has 1 fully saturated rings. The Morgan fingerprint density at radius 1 is 1.23 bits per heavy atom. The lowest BCUT2D eigenvalue weighted by molar-refractivity contribution is 0.376. The van der Waals surface area contributed by atoms with Crippen molar-refractivity contribution in [1.82, 2.24) is 24.8 Å². The van der Waals surface area contributed by atoms with Gasteiger partial charge in [0, 0.05) is 56.6 Å². The third-order valence-corrected chi connectivity index (χ3v) is 5.04. The van der Waals surface area contributed by atoms with Gasteiger partial charge >= 0.3 is 0 Å². The van der Waals surface area contributed by atoms with Gasteiger partial charge in [-0.2, -0.15) is 0 Å². The summed E-state index contributed by atoms with van der Waals surface area (Å²) in [6.45, 7) is 1.37. The second-order valence-electron chi connectivity index (χ2n) is 6.89. The van der Waals surface area contributed by atoms with Gasteiger partial charge in [0.25, 0.3) is 5.56 Å². The Morgan fingerprint density at radius 2 is 2.03 bits per heavy atom. The van der Waals surface area contributed by atoms with E-state index in [2.05, 4.69) is 20.3 Å². The minimum atomic E-state index is -0.706. The molecule has 1 saturated heterocycles. The molecule has 3 heterocycles. The number of hydrogen-bond acceptors (Lipinski definition) is 7. The predicted molar refractivity (Wildman–Crippen MR) is 114 cm³/mol. The maximum atomic E-state index is 14.6. The summed E-state index contributed by atoms with van der Waals surface area (Å²) in [6.07, 6.45) is 2.96. The van der Waals surface area contributed by atoms with Crippen molar-refractivity contribution in [3.8, 4) is 17.1 Å². The highest BCUT2D eigenvalue weighted by Gasteiger charge is 2.29. The monoisotopic (exact) mass is 450 g/mol. The van der Waals surface area contributed by atoms with Crippen LogP contribution in [0.5, 0.6) is 5.75 Å². The van der Waals surface area contributed by atoms with Gasteiger partial charge in [-0.05, 0) is 6.07 Å². The summed E-state index contributed by atoms with van der Waals surface area (Å²) in [7, 11) is 3.00. The number of nitrogens with zero attached hydrogens (tertiary/aromatic N) is 5. The van der Waals surface area contributed by atoms with E-state index in [1.165, 1.54) is 24.1 Å². The number of benzene rings is 1. The molecule has 8 nitrogen and oxygen atoms in total. The molecule has 1 aromatic carbocycles. The summed E-state index contributed by atoms with van der Waals surface area (Å²) in [4.78, 5) is 27.1. The molecular formula is C20H21ClF2N6O2. The quantitative estimate of drug-likeness (QED) is 0.651.